The first-order valence-electron chi connectivity index (χ1n) is 7.46. The molecule has 0 amide bonds. The number of hydrogen-bond donors (Lipinski definition) is 1. The van der Waals surface area contributed by atoms with Crippen molar-refractivity contribution in [1.82, 2.24) is 10.3 Å². The summed E-state index contributed by atoms with van der Waals surface area (Å²) in [4.78, 5) is 4.47. The molecular weight excluding hydrogens is 260 g/mol. The molecule has 1 heterocycles. The molecule has 112 valence electrons. The van der Waals surface area contributed by atoms with E-state index in [2.05, 4.69) is 35.4 Å². The number of nitrogens with zero attached hydrogens (tertiary/aromatic N) is 1. The fourth-order valence-corrected chi connectivity index (χ4v) is 2.57. The van der Waals surface area contributed by atoms with Gasteiger partial charge < -0.3 is 10.1 Å². The second kappa shape index (κ2) is 7.23. The summed E-state index contributed by atoms with van der Waals surface area (Å²) >= 11 is 0. The molecular formula is C18H24N2O. The van der Waals surface area contributed by atoms with E-state index in [1.165, 1.54) is 5.56 Å². The third kappa shape index (κ3) is 4.05. The summed E-state index contributed by atoms with van der Waals surface area (Å²) in [5.41, 5.74) is 2.31. The Morgan fingerprint density at radius 2 is 1.86 bits per heavy atom. The van der Waals surface area contributed by atoms with Crippen molar-refractivity contribution in [3.8, 4) is 5.75 Å². The second-order valence-electron chi connectivity index (χ2n) is 5.55. The van der Waals surface area contributed by atoms with Crippen LogP contribution in [-0.2, 0) is 0 Å². The van der Waals surface area contributed by atoms with Gasteiger partial charge in [-0.05, 0) is 50.7 Å². The van der Waals surface area contributed by atoms with Gasteiger partial charge in [0, 0.05) is 23.9 Å². The maximum absolute atomic E-state index is 5.79. The number of nitrogens with one attached hydrogen (secondary N) is 1. The van der Waals surface area contributed by atoms with Crippen LogP contribution >= 0.6 is 0 Å². The van der Waals surface area contributed by atoms with E-state index in [0.29, 0.717) is 0 Å². The third-order valence-electron chi connectivity index (χ3n) is 3.55. The van der Waals surface area contributed by atoms with E-state index in [1.54, 1.807) is 0 Å². The first-order chi connectivity index (χ1) is 10.1. The number of likely N-dealkylation sites (N-methyl/N-ethyl adjacent to an activating group) is 1. The van der Waals surface area contributed by atoms with Crippen LogP contribution in [0.2, 0.25) is 0 Å². The molecule has 1 N–H and O–H groups in total. The largest absolute Gasteiger partial charge is 0.491 e. The molecule has 1 aromatic heterocycles. The zero-order valence-electron chi connectivity index (χ0n) is 13.2. The van der Waals surface area contributed by atoms with Crippen LogP contribution in [0.4, 0.5) is 0 Å². The molecule has 2 atom stereocenters. The highest BCUT2D eigenvalue weighted by atomic mass is 16.5. The van der Waals surface area contributed by atoms with Gasteiger partial charge in [-0.2, -0.15) is 0 Å². The van der Waals surface area contributed by atoms with E-state index in [-0.39, 0.29) is 18.1 Å². The lowest BCUT2D eigenvalue weighted by Gasteiger charge is -2.24. The van der Waals surface area contributed by atoms with Crippen molar-refractivity contribution in [3.63, 3.8) is 0 Å². The SMILES string of the molecule is CNC(c1cccc(OC(C)C)c1)C(C)c1ccccn1. The molecule has 21 heavy (non-hydrogen) atoms. The quantitative estimate of drug-likeness (QED) is 0.872. The number of pyridine rings is 1. The summed E-state index contributed by atoms with van der Waals surface area (Å²) < 4.78 is 5.79. The molecule has 3 nitrogen and oxygen atoms in total. The summed E-state index contributed by atoms with van der Waals surface area (Å²) in [6.45, 7) is 6.27. The Labute approximate surface area is 127 Å². The van der Waals surface area contributed by atoms with E-state index in [9.17, 15) is 0 Å². The average molecular weight is 284 g/mol. The van der Waals surface area contributed by atoms with E-state index in [4.69, 9.17) is 4.74 Å². The Morgan fingerprint density at radius 1 is 1.05 bits per heavy atom. The molecule has 3 heteroatoms. The minimum absolute atomic E-state index is 0.182. The predicted octanol–water partition coefficient (Wildman–Crippen LogP) is 3.93. The van der Waals surface area contributed by atoms with Gasteiger partial charge in [-0.1, -0.05) is 25.1 Å². The number of aromatic nitrogens is 1. The Kier molecular flexibility index (Phi) is 5.34. The highest BCUT2D eigenvalue weighted by molar-refractivity contribution is 5.32. The minimum atomic E-state index is 0.182. The Balaban J connectivity index is 2.25. The van der Waals surface area contributed by atoms with Gasteiger partial charge in [0.2, 0.25) is 0 Å². The topological polar surface area (TPSA) is 34.1 Å². The molecule has 2 aromatic rings. The molecule has 0 aliphatic rings. The Hall–Kier alpha value is -1.87. The molecule has 0 saturated carbocycles. The van der Waals surface area contributed by atoms with Gasteiger partial charge in [0.1, 0.15) is 5.75 Å². The van der Waals surface area contributed by atoms with Crippen molar-refractivity contribution in [2.24, 2.45) is 0 Å². The first kappa shape index (κ1) is 15.5. The highest BCUT2D eigenvalue weighted by Gasteiger charge is 2.20. The van der Waals surface area contributed by atoms with Crippen molar-refractivity contribution in [3.05, 3.63) is 59.9 Å². The summed E-state index contributed by atoms with van der Waals surface area (Å²) in [5.74, 6) is 1.20. The van der Waals surface area contributed by atoms with Gasteiger partial charge in [-0.15, -0.1) is 0 Å². The van der Waals surface area contributed by atoms with Gasteiger partial charge in [0.05, 0.1) is 6.10 Å². The van der Waals surface area contributed by atoms with Gasteiger partial charge in [-0.3, -0.25) is 4.98 Å². The lowest BCUT2D eigenvalue weighted by Crippen LogP contribution is -2.23. The molecule has 0 aliphatic heterocycles. The summed E-state index contributed by atoms with van der Waals surface area (Å²) in [5, 5.41) is 3.40. The van der Waals surface area contributed by atoms with E-state index >= 15 is 0 Å². The van der Waals surface area contributed by atoms with Crippen LogP contribution in [0, 0.1) is 0 Å². The molecule has 2 rings (SSSR count). The van der Waals surface area contributed by atoms with E-state index in [0.717, 1.165) is 11.4 Å². The summed E-state index contributed by atoms with van der Waals surface area (Å²) in [7, 11) is 1.99. The number of rotatable bonds is 6. The zero-order chi connectivity index (χ0) is 15.2. The second-order valence-corrected chi connectivity index (χ2v) is 5.55. The van der Waals surface area contributed by atoms with Crippen LogP contribution in [0.15, 0.2) is 48.7 Å². The van der Waals surface area contributed by atoms with Gasteiger partial charge in [-0.25, -0.2) is 0 Å². The maximum atomic E-state index is 5.79. The van der Waals surface area contributed by atoms with Crippen LogP contribution in [-0.4, -0.2) is 18.1 Å². The van der Waals surface area contributed by atoms with Crippen LogP contribution in [0.25, 0.3) is 0 Å². The van der Waals surface area contributed by atoms with E-state index in [1.807, 2.05) is 51.4 Å². The lowest BCUT2D eigenvalue weighted by atomic mass is 9.91. The molecule has 0 aliphatic carbocycles. The van der Waals surface area contributed by atoms with Crippen LogP contribution < -0.4 is 10.1 Å². The van der Waals surface area contributed by atoms with Gasteiger partial charge >= 0.3 is 0 Å². The number of hydrogen-bond acceptors (Lipinski definition) is 3. The molecule has 1 aromatic carbocycles. The highest BCUT2D eigenvalue weighted by Crippen LogP contribution is 2.31. The zero-order valence-corrected chi connectivity index (χ0v) is 13.2. The number of ether oxygens (including phenoxy) is 1. The van der Waals surface area contributed by atoms with Crippen molar-refractivity contribution < 1.29 is 4.74 Å². The minimum Gasteiger partial charge on any atom is -0.491 e. The molecule has 0 bridgehead atoms. The molecule has 0 spiro atoms. The predicted molar refractivity (Wildman–Crippen MR) is 86.7 cm³/mol. The third-order valence-corrected chi connectivity index (χ3v) is 3.55. The Morgan fingerprint density at radius 3 is 2.48 bits per heavy atom. The van der Waals surface area contributed by atoms with Gasteiger partial charge in [0.15, 0.2) is 0 Å². The smallest absolute Gasteiger partial charge is 0.120 e. The summed E-state index contributed by atoms with van der Waals surface area (Å²) in [6.07, 6.45) is 2.03. The molecule has 2 unspecified atom stereocenters. The van der Waals surface area contributed by atoms with Crippen molar-refractivity contribution in [2.45, 2.75) is 38.8 Å². The first-order valence-corrected chi connectivity index (χ1v) is 7.46. The average Bonchev–Trinajstić information content (AvgIpc) is 2.48. The lowest BCUT2D eigenvalue weighted by molar-refractivity contribution is 0.242. The fraction of sp³-hybridized carbons (Fsp3) is 0.389. The van der Waals surface area contributed by atoms with Crippen molar-refractivity contribution in [2.75, 3.05) is 7.05 Å². The summed E-state index contributed by atoms with van der Waals surface area (Å²) in [6, 6.07) is 14.5. The van der Waals surface area contributed by atoms with Gasteiger partial charge in [0.25, 0.3) is 0 Å². The fourth-order valence-electron chi connectivity index (χ4n) is 2.57. The van der Waals surface area contributed by atoms with E-state index < -0.39 is 0 Å². The maximum Gasteiger partial charge on any atom is 0.120 e. The molecule has 0 saturated heterocycles. The van der Waals surface area contributed by atoms with Crippen LogP contribution in [0.3, 0.4) is 0 Å². The van der Waals surface area contributed by atoms with Crippen molar-refractivity contribution >= 4 is 0 Å². The number of benzene rings is 1. The standard InChI is InChI=1S/C18H24N2O/c1-13(2)21-16-9-7-8-15(12-16)18(19-4)14(3)17-10-5-6-11-20-17/h5-14,18-19H,1-4H3. The Bertz CT molecular complexity index is 554. The normalized spacial score (nSPS) is 14.0. The van der Waals surface area contributed by atoms with Crippen LogP contribution in [0.1, 0.15) is 44.0 Å². The van der Waals surface area contributed by atoms with Crippen LogP contribution in [0.5, 0.6) is 5.75 Å². The molecule has 0 fully saturated rings. The monoisotopic (exact) mass is 284 g/mol. The molecule has 0 radical (unpaired) electrons. The van der Waals surface area contributed by atoms with Crippen molar-refractivity contribution in [1.29, 1.82) is 0 Å².